The fraction of sp³-hybridized carbons (Fsp3) is 0.300. The van der Waals surface area contributed by atoms with Crippen molar-refractivity contribution in [1.29, 1.82) is 0 Å². The number of aromatic nitrogens is 4. The van der Waals surface area contributed by atoms with Crippen molar-refractivity contribution in [2.75, 3.05) is 6.61 Å². The van der Waals surface area contributed by atoms with Crippen LogP contribution in [0.5, 0.6) is 0 Å². The van der Waals surface area contributed by atoms with Gasteiger partial charge in [-0.2, -0.15) is 0 Å². The molecule has 4 aromatic rings. The number of para-hydroxylation sites is 1. The molecule has 29 heavy (non-hydrogen) atoms. The molecule has 1 atom stereocenters. The molecule has 1 saturated heterocycles. The van der Waals surface area contributed by atoms with Crippen LogP contribution in [0.2, 0.25) is 0 Å². The van der Waals surface area contributed by atoms with Crippen molar-refractivity contribution >= 4 is 22.7 Å². The van der Waals surface area contributed by atoms with Gasteiger partial charge in [-0.3, -0.25) is 9.36 Å². The van der Waals surface area contributed by atoms with E-state index in [9.17, 15) is 4.79 Å². The van der Waals surface area contributed by atoms with E-state index in [1.165, 1.54) is 11.8 Å². The zero-order valence-electron chi connectivity index (χ0n) is 15.5. The van der Waals surface area contributed by atoms with E-state index in [0.29, 0.717) is 45.9 Å². The Kier molecular flexibility index (Phi) is 4.91. The highest BCUT2D eigenvalue weighted by Crippen LogP contribution is 2.25. The third-order valence-corrected chi connectivity index (χ3v) is 5.72. The van der Waals surface area contributed by atoms with Gasteiger partial charge in [0.1, 0.15) is 0 Å². The average molecular weight is 410 g/mol. The number of furan rings is 1. The third-order valence-electron chi connectivity index (χ3n) is 4.76. The zero-order valence-corrected chi connectivity index (χ0v) is 16.3. The van der Waals surface area contributed by atoms with Crippen LogP contribution in [0.1, 0.15) is 18.7 Å². The van der Waals surface area contributed by atoms with Gasteiger partial charge in [-0.15, -0.1) is 10.2 Å². The fourth-order valence-electron chi connectivity index (χ4n) is 3.35. The second-order valence-corrected chi connectivity index (χ2v) is 7.67. The maximum Gasteiger partial charge on any atom is 0.283 e. The van der Waals surface area contributed by atoms with Crippen molar-refractivity contribution in [1.82, 2.24) is 19.7 Å². The molecule has 3 aromatic heterocycles. The topological polar surface area (TPSA) is 96.2 Å². The van der Waals surface area contributed by atoms with E-state index in [4.69, 9.17) is 18.6 Å². The van der Waals surface area contributed by atoms with Gasteiger partial charge in [0.05, 0.1) is 35.6 Å². The van der Waals surface area contributed by atoms with Gasteiger partial charge in [-0.05, 0) is 37.1 Å². The summed E-state index contributed by atoms with van der Waals surface area (Å²) in [6, 6.07) is 10.9. The number of ether oxygens (including phenoxy) is 1. The van der Waals surface area contributed by atoms with Crippen molar-refractivity contribution in [3.05, 3.63) is 58.9 Å². The molecule has 0 bridgehead atoms. The number of benzene rings is 1. The average Bonchev–Trinajstić information content (AvgIpc) is 3.51. The van der Waals surface area contributed by atoms with E-state index < -0.39 is 0 Å². The molecular formula is C20H18N4O4S. The maximum absolute atomic E-state index is 13.1. The predicted molar refractivity (Wildman–Crippen MR) is 107 cm³/mol. The number of hydrogen-bond donors (Lipinski definition) is 0. The molecule has 1 fully saturated rings. The summed E-state index contributed by atoms with van der Waals surface area (Å²) in [7, 11) is 0. The summed E-state index contributed by atoms with van der Waals surface area (Å²) in [5.74, 6) is 1.68. The second-order valence-electron chi connectivity index (χ2n) is 6.73. The van der Waals surface area contributed by atoms with Crippen LogP contribution in [0.4, 0.5) is 0 Å². The Bertz CT molecular complexity index is 1180. The lowest BCUT2D eigenvalue weighted by atomic mass is 10.2. The van der Waals surface area contributed by atoms with Crippen LogP contribution in [0.15, 0.2) is 61.4 Å². The molecule has 9 heteroatoms. The van der Waals surface area contributed by atoms with Crippen molar-refractivity contribution in [3.8, 4) is 11.7 Å². The Morgan fingerprint density at radius 1 is 1.17 bits per heavy atom. The van der Waals surface area contributed by atoms with Gasteiger partial charge in [0.2, 0.25) is 5.89 Å². The first-order valence-electron chi connectivity index (χ1n) is 9.38. The quantitative estimate of drug-likeness (QED) is 0.352. The van der Waals surface area contributed by atoms with E-state index in [0.717, 1.165) is 19.4 Å². The second kappa shape index (κ2) is 7.84. The summed E-state index contributed by atoms with van der Waals surface area (Å²) in [5, 5.41) is 9.30. The summed E-state index contributed by atoms with van der Waals surface area (Å²) in [6.45, 7) is 1.22. The van der Waals surface area contributed by atoms with Gasteiger partial charge in [0.25, 0.3) is 11.4 Å². The molecule has 0 N–H and O–H groups in total. The Labute approximate surface area is 169 Å². The highest BCUT2D eigenvalue weighted by atomic mass is 32.2. The van der Waals surface area contributed by atoms with Crippen LogP contribution in [-0.2, 0) is 17.0 Å². The highest BCUT2D eigenvalue weighted by molar-refractivity contribution is 7.98. The minimum absolute atomic E-state index is 0.0315. The first kappa shape index (κ1) is 18.1. The smallest absolute Gasteiger partial charge is 0.283 e. The van der Waals surface area contributed by atoms with Crippen LogP contribution >= 0.6 is 11.8 Å². The minimum atomic E-state index is -0.0598. The van der Waals surface area contributed by atoms with Gasteiger partial charge in [-0.25, -0.2) is 4.98 Å². The van der Waals surface area contributed by atoms with Gasteiger partial charge in [0, 0.05) is 6.61 Å². The lowest BCUT2D eigenvalue weighted by Crippen LogP contribution is -2.28. The third kappa shape index (κ3) is 3.70. The molecule has 8 nitrogen and oxygen atoms in total. The number of hydrogen-bond acceptors (Lipinski definition) is 8. The van der Waals surface area contributed by atoms with Crippen molar-refractivity contribution < 1.29 is 13.6 Å². The summed E-state index contributed by atoms with van der Waals surface area (Å²) >= 11 is 1.39. The van der Waals surface area contributed by atoms with Crippen LogP contribution in [-0.4, -0.2) is 32.5 Å². The first-order chi connectivity index (χ1) is 14.3. The molecule has 1 aliphatic rings. The van der Waals surface area contributed by atoms with E-state index in [1.54, 1.807) is 29.0 Å². The summed E-state index contributed by atoms with van der Waals surface area (Å²) in [6.07, 6.45) is 3.54. The lowest BCUT2D eigenvalue weighted by molar-refractivity contribution is 0.0937. The molecule has 148 valence electrons. The maximum atomic E-state index is 13.1. The Morgan fingerprint density at radius 3 is 2.93 bits per heavy atom. The monoisotopic (exact) mass is 410 g/mol. The highest BCUT2D eigenvalue weighted by Gasteiger charge is 2.21. The number of rotatable bonds is 6. The van der Waals surface area contributed by atoms with Crippen molar-refractivity contribution in [2.45, 2.75) is 36.4 Å². The van der Waals surface area contributed by atoms with Crippen molar-refractivity contribution in [3.63, 3.8) is 0 Å². The Morgan fingerprint density at radius 2 is 2.10 bits per heavy atom. The van der Waals surface area contributed by atoms with Crippen LogP contribution < -0.4 is 5.56 Å². The molecule has 0 amide bonds. The van der Waals surface area contributed by atoms with Crippen LogP contribution in [0.25, 0.3) is 22.6 Å². The molecule has 1 aromatic carbocycles. The van der Waals surface area contributed by atoms with Gasteiger partial charge >= 0.3 is 0 Å². The van der Waals surface area contributed by atoms with Gasteiger partial charge < -0.3 is 13.6 Å². The molecule has 0 radical (unpaired) electrons. The standard InChI is InChI=1S/C20H18N4O4S/c25-19-14-6-1-2-7-15(14)21-20(24(19)11-13-5-3-9-26-13)29-12-17-22-23-18(28-17)16-8-4-10-27-16/h1-2,4,6-8,10,13H,3,5,9,11-12H2/t13-/m1/s1. The minimum Gasteiger partial charge on any atom is -0.459 e. The molecule has 5 rings (SSSR count). The van der Waals surface area contributed by atoms with Crippen LogP contribution in [0, 0.1) is 0 Å². The molecular weight excluding hydrogens is 392 g/mol. The predicted octanol–water partition coefficient (Wildman–Crippen LogP) is 3.51. The lowest BCUT2D eigenvalue weighted by Gasteiger charge is -2.16. The van der Waals surface area contributed by atoms with E-state index in [-0.39, 0.29) is 11.7 Å². The Hall–Kier alpha value is -2.91. The number of thioether (sulfide) groups is 1. The number of nitrogens with zero attached hydrogens (tertiary/aromatic N) is 4. The Balaban J connectivity index is 1.44. The van der Waals surface area contributed by atoms with Gasteiger partial charge in [-0.1, -0.05) is 23.9 Å². The van der Waals surface area contributed by atoms with Gasteiger partial charge in [0.15, 0.2) is 10.9 Å². The molecule has 0 spiro atoms. The summed E-state index contributed by atoms with van der Waals surface area (Å²) < 4.78 is 18.4. The molecule has 0 saturated carbocycles. The largest absolute Gasteiger partial charge is 0.459 e. The number of fused-ring (bicyclic) bond motifs is 1. The van der Waals surface area contributed by atoms with E-state index >= 15 is 0 Å². The molecule has 0 aliphatic carbocycles. The van der Waals surface area contributed by atoms with E-state index in [1.807, 2.05) is 18.2 Å². The summed E-state index contributed by atoms with van der Waals surface area (Å²) in [5.41, 5.74) is 0.612. The molecule has 0 unspecified atom stereocenters. The first-order valence-corrected chi connectivity index (χ1v) is 10.4. The summed E-state index contributed by atoms with van der Waals surface area (Å²) in [4.78, 5) is 17.8. The SMILES string of the molecule is O=c1c2ccccc2nc(SCc2nnc(-c3ccco3)o2)n1C[C@H]1CCCO1. The van der Waals surface area contributed by atoms with Crippen molar-refractivity contribution in [2.24, 2.45) is 0 Å². The van der Waals surface area contributed by atoms with E-state index in [2.05, 4.69) is 10.2 Å². The molecule has 1 aliphatic heterocycles. The zero-order chi connectivity index (χ0) is 19.6. The normalized spacial score (nSPS) is 16.6. The molecule has 4 heterocycles. The fourth-order valence-corrected chi connectivity index (χ4v) is 4.19. The van der Waals surface area contributed by atoms with Crippen LogP contribution in [0.3, 0.4) is 0 Å².